The van der Waals surface area contributed by atoms with Crippen molar-refractivity contribution in [3.63, 3.8) is 0 Å². The molecule has 1 amide bonds. The summed E-state index contributed by atoms with van der Waals surface area (Å²) < 4.78 is 0. The predicted molar refractivity (Wildman–Crippen MR) is 73.9 cm³/mol. The molecule has 0 bridgehead atoms. The van der Waals surface area contributed by atoms with E-state index < -0.39 is 0 Å². The highest BCUT2D eigenvalue weighted by molar-refractivity contribution is 6.01. The van der Waals surface area contributed by atoms with Crippen molar-refractivity contribution >= 4 is 17.4 Å². The van der Waals surface area contributed by atoms with Gasteiger partial charge in [-0.2, -0.15) is 0 Å². The van der Waals surface area contributed by atoms with Crippen LogP contribution in [0.25, 0.3) is 0 Å². The normalized spacial score (nSPS) is 14.3. The minimum Gasteiger partial charge on any atom is -0.368 e. The van der Waals surface area contributed by atoms with Gasteiger partial charge in [-0.15, -0.1) is 0 Å². The molecule has 1 aromatic carbocycles. The van der Waals surface area contributed by atoms with Gasteiger partial charge < -0.3 is 10.6 Å². The molecule has 0 aromatic heterocycles. The number of anilines is 1. The number of nitrogens with one attached hydrogen (secondary N) is 2. The molecule has 0 saturated carbocycles. The maximum atomic E-state index is 11.7. The highest BCUT2D eigenvalue weighted by Crippen LogP contribution is 2.13. The quantitative estimate of drug-likeness (QED) is 0.852. The Balaban J connectivity index is 2.05. The van der Waals surface area contributed by atoms with Gasteiger partial charge in [0.25, 0.3) is 0 Å². The second kappa shape index (κ2) is 5.67. The molecule has 2 rings (SSSR count). The number of carbonyl (C=O) groups is 1. The summed E-state index contributed by atoms with van der Waals surface area (Å²) in [7, 11) is 0. The van der Waals surface area contributed by atoms with E-state index in [1.807, 2.05) is 38.1 Å². The Labute approximate surface area is 108 Å². The van der Waals surface area contributed by atoms with Gasteiger partial charge in [0.2, 0.25) is 5.91 Å². The molecule has 18 heavy (non-hydrogen) atoms. The number of rotatable bonds is 4. The van der Waals surface area contributed by atoms with Crippen LogP contribution in [-0.4, -0.2) is 24.8 Å². The van der Waals surface area contributed by atoms with E-state index in [9.17, 15) is 4.79 Å². The van der Waals surface area contributed by atoms with Gasteiger partial charge in [0, 0.05) is 24.2 Å². The Morgan fingerprint density at radius 1 is 1.50 bits per heavy atom. The zero-order chi connectivity index (χ0) is 13.0. The first kappa shape index (κ1) is 12.6. The number of hydrogen-bond acceptors (Lipinski definition) is 3. The highest BCUT2D eigenvalue weighted by Gasteiger charge is 2.09. The van der Waals surface area contributed by atoms with Crippen LogP contribution < -0.4 is 10.6 Å². The third-order valence-electron chi connectivity index (χ3n) is 2.69. The summed E-state index contributed by atoms with van der Waals surface area (Å²) in [5, 5.41) is 6.14. The Morgan fingerprint density at radius 3 is 3.00 bits per heavy atom. The molecular weight excluding hydrogens is 226 g/mol. The molecule has 0 aliphatic carbocycles. The van der Waals surface area contributed by atoms with Crippen LogP contribution in [0, 0.1) is 5.92 Å². The molecule has 0 fully saturated rings. The van der Waals surface area contributed by atoms with Crippen molar-refractivity contribution in [2.45, 2.75) is 20.3 Å². The van der Waals surface area contributed by atoms with Crippen LogP contribution in [0.4, 0.5) is 5.69 Å². The molecule has 0 spiro atoms. The van der Waals surface area contributed by atoms with E-state index in [2.05, 4.69) is 15.6 Å². The highest BCUT2D eigenvalue weighted by atomic mass is 16.1. The summed E-state index contributed by atoms with van der Waals surface area (Å²) in [5.41, 5.74) is 1.85. The van der Waals surface area contributed by atoms with Gasteiger partial charge in [-0.25, -0.2) is 0 Å². The summed E-state index contributed by atoms with van der Waals surface area (Å²) >= 11 is 0. The Bertz CT molecular complexity index is 466. The monoisotopic (exact) mass is 245 g/mol. The summed E-state index contributed by atoms with van der Waals surface area (Å²) in [6.45, 7) is 5.78. The average molecular weight is 245 g/mol. The van der Waals surface area contributed by atoms with Crippen LogP contribution in [0.3, 0.4) is 0 Å². The number of nitrogens with zero attached hydrogens (tertiary/aromatic N) is 1. The van der Waals surface area contributed by atoms with Crippen molar-refractivity contribution in [2.75, 3.05) is 18.4 Å². The summed E-state index contributed by atoms with van der Waals surface area (Å²) in [6, 6.07) is 7.78. The first-order chi connectivity index (χ1) is 8.65. The van der Waals surface area contributed by atoms with Crippen LogP contribution in [0.2, 0.25) is 0 Å². The summed E-state index contributed by atoms with van der Waals surface area (Å²) in [6.07, 6.45) is 0.545. The third kappa shape index (κ3) is 3.32. The maximum absolute atomic E-state index is 11.7. The number of benzene rings is 1. The van der Waals surface area contributed by atoms with Crippen molar-refractivity contribution in [1.82, 2.24) is 5.32 Å². The second-order valence-corrected chi connectivity index (χ2v) is 4.88. The van der Waals surface area contributed by atoms with Gasteiger partial charge in [0.05, 0.1) is 6.54 Å². The van der Waals surface area contributed by atoms with E-state index in [0.29, 0.717) is 12.3 Å². The zero-order valence-electron chi connectivity index (χ0n) is 10.9. The van der Waals surface area contributed by atoms with Gasteiger partial charge in [0.15, 0.2) is 0 Å². The Morgan fingerprint density at radius 2 is 2.33 bits per heavy atom. The molecule has 0 atom stereocenters. The standard InChI is InChI=1S/C14H19N3O/c1-10(2)8-13(18)17-12-5-3-4-11(9-12)14-15-6-7-16-14/h3-5,9-10H,6-8H2,1-2H3,(H,15,16)(H,17,18). The van der Waals surface area contributed by atoms with Crippen molar-refractivity contribution in [3.05, 3.63) is 29.8 Å². The number of amidine groups is 1. The lowest BCUT2D eigenvalue weighted by Gasteiger charge is -2.09. The fourth-order valence-corrected chi connectivity index (χ4v) is 1.92. The number of aliphatic imine (C=N–C) groups is 1. The van der Waals surface area contributed by atoms with Crippen LogP contribution >= 0.6 is 0 Å². The minimum atomic E-state index is 0.0588. The molecule has 0 saturated heterocycles. The average Bonchev–Trinajstić information content (AvgIpc) is 2.81. The zero-order valence-corrected chi connectivity index (χ0v) is 10.9. The lowest BCUT2D eigenvalue weighted by molar-refractivity contribution is -0.116. The first-order valence-electron chi connectivity index (χ1n) is 6.34. The van der Waals surface area contributed by atoms with Crippen molar-refractivity contribution in [3.8, 4) is 0 Å². The summed E-state index contributed by atoms with van der Waals surface area (Å²) in [5.74, 6) is 1.34. The van der Waals surface area contributed by atoms with E-state index in [-0.39, 0.29) is 5.91 Å². The molecular formula is C14H19N3O. The Hall–Kier alpha value is -1.84. The fourth-order valence-electron chi connectivity index (χ4n) is 1.92. The maximum Gasteiger partial charge on any atom is 0.224 e. The predicted octanol–water partition coefficient (Wildman–Crippen LogP) is 2.02. The van der Waals surface area contributed by atoms with E-state index >= 15 is 0 Å². The molecule has 1 aliphatic heterocycles. The number of carbonyl (C=O) groups excluding carboxylic acids is 1. The molecule has 0 unspecified atom stereocenters. The van der Waals surface area contributed by atoms with E-state index in [1.54, 1.807) is 0 Å². The van der Waals surface area contributed by atoms with Crippen molar-refractivity contribution in [2.24, 2.45) is 10.9 Å². The van der Waals surface area contributed by atoms with Crippen LogP contribution in [0.5, 0.6) is 0 Å². The van der Waals surface area contributed by atoms with Gasteiger partial charge in [-0.1, -0.05) is 26.0 Å². The van der Waals surface area contributed by atoms with E-state index in [1.165, 1.54) is 0 Å². The first-order valence-corrected chi connectivity index (χ1v) is 6.34. The van der Waals surface area contributed by atoms with Crippen LogP contribution in [0.15, 0.2) is 29.3 Å². The number of amides is 1. The van der Waals surface area contributed by atoms with Gasteiger partial charge >= 0.3 is 0 Å². The summed E-state index contributed by atoms with van der Waals surface area (Å²) in [4.78, 5) is 16.1. The fraction of sp³-hybridized carbons (Fsp3) is 0.429. The SMILES string of the molecule is CC(C)CC(=O)Nc1cccc(C2=NCCN2)c1. The largest absolute Gasteiger partial charge is 0.368 e. The Kier molecular flexibility index (Phi) is 3.97. The van der Waals surface area contributed by atoms with E-state index in [4.69, 9.17) is 0 Å². The van der Waals surface area contributed by atoms with Crippen molar-refractivity contribution < 1.29 is 4.79 Å². The van der Waals surface area contributed by atoms with Crippen molar-refractivity contribution in [1.29, 1.82) is 0 Å². The number of hydrogen-bond donors (Lipinski definition) is 2. The molecule has 1 aromatic rings. The smallest absolute Gasteiger partial charge is 0.224 e. The molecule has 96 valence electrons. The molecule has 1 heterocycles. The van der Waals surface area contributed by atoms with Crippen LogP contribution in [-0.2, 0) is 4.79 Å². The minimum absolute atomic E-state index is 0.0588. The molecule has 0 radical (unpaired) electrons. The van der Waals surface area contributed by atoms with Gasteiger partial charge in [0.1, 0.15) is 5.84 Å². The van der Waals surface area contributed by atoms with Crippen LogP contribution in [0.1, 0.15) is 25.8 Å². The molecule has 4 heteroatoms. The molecule has 4 nitrogen and oxygen atoms in total. The second-order valence-electron chi connectivity index (χ2n) is 4.88. The topological polar surface area (TPSA) is 53.5 Å². The molecule has 2 N–H and O–H groups in total. The molecule has 1 aliphatic rings. The lowest BCUT2D eigenvalue weighted by Crippen LogP contribution is -2.20. The van der Waals surface area contributed by atoms with Gasteiger partial charge in [-0.3, -0.25) is 9.79 Å². The van der Waals surface area contributed by atoms with E-state index in [0.717, 1.165) is 30.2 Å². The third-order valence-corrected chi connectivity index (χ3v) is 2.69. The van der Waals surface area contributed by atoms with Gasteiger partial charge in [-0.05, 0) is 18.1 Å². The lowest BCUT2D eigenvalue weighted by atomic mass is 10.1.